The molecule has 0 radical (unpaired) electrons. The van der Waals surface area contributed by atoms with Crippen LogP contribution in [-0.4, -0.2) is 28.4 Å². The van der Waals surface area contributed by atoms with E-state index < -0.39 is 35.1 Å². The van der Waals surface area contributed by atoms with E-state index >= 15 is 0 Å². The number of carbonyl (C=O) groups is 1. The Morgan fingerprint density at radius 2 is 1.76 bits per heavy atom. The fourth-order valence-corrected chi connectivity index (χ4v) is 4.23. The van der Waals surface area contributed by atoms with Gasteiger partial charge >= 0.3 is 12.3 Å². The molecule has 4 nitrogen and oxygen atoms in total. The lowest BCUT2D eigenvalue weighted by atomic mass is 9.88. The van der Waals surface area contributed by atoms with Gasteiger partial charge in [0.1, 0.15) is 5.60 Å². The zero-order valence-corrected chi connectivity index (χ0v) is 20.8. The third-order valence-corrected chi connectivity index (χ3v) is 6.37. The Kier molecular flexibility index (Phi) is 8.76. The Bertz CT molecular complexity index is 976. The minimum Gasteiger partial charge on any atom is -0.444 e. The van der Waals surface area contributed by atoms with E-state index in [0.717, 1.165) is 17.7 Å². The Morgan fingerprint density at radius 1 is 1.12 bits per heavy atom. The molecule has 0 aliphatic carbocycles. The van der Waals surface area contributed by atoms with Crippen molar-refractivity contribution in [3.8, 4) is 0 Å². The number of aryl methyl sites for hydroxylation is 1. The molecule has 0 bridgehead atoms. The Labute approximate surface area is 201 Å². The van der Waals surface area contributed by atoms with Crippen molar-refractivity contribution >= 4 is 29.5 Å². The summed E-state index contributed by atoms with van der Waals surface area (Å²) in [5.41, 5.74) is -1.52. The summed E-state index contributed by atoms with van der Waals surface area (Å²) in [6.45, 7) is 8.59. The highest BCUT2D eigenvalue weighted by atomic mass is 35.5. The summed E-state index contributed by atoms with van der Waals surface area (Å²) in [6.07, 6.45) is -5.01. The van der Waals surface area contributed by atoms with Gasteiger partial charge in [-0.15, -0.1) is 0 Å². The molecule has 0 aromatic heterocycles. The summed E-state index contributed by atoms with van der Waals surface area (Å²) in [6, 6.07) is 10.4. The number of carbonyl (C=O) groups excluding carboxylic acids is 1. The van der Waals surface area contributed by atoms with Crippen LogP contribution < -0.4 is 5.32 Å². The first-order valence-electron chi connectivity index (χ1n) is 10.4. The molecule has 0 spiro atoms. The number of ether oxygens (including phenoxy) is 1. The van der Waals surface area contributed by atoms with E-state index in [1.807, 2.05) is 0 Å². The summed E-state index contributed by atoms with van der Waals surface area (Å²) in [7, 11) is 0. The quantitative estimate of drug-likeness (QED) is 0.423. The van der Waals surface area contributed by atoms with Gasteiger partial charge in [0.05, 0.1) is 17.2 Å². The minimum absolute atomic E-state index is 0.393. The maximum atomic E-state index is 12.9. The van der Waals surface area contributed by atoms with E-state index in [1.165, 1.54) is 17.8 Å². The molecular formula is C24H29ClF3NO3S. The first-order valence-corrected chi connectivity index (χ1v) is 11.6. The van der Waals surface area contributed by atoms with Crippen molar-refractivity contribution in [3.63, 3.8) is 0 Å². The van der Waals surface area contributed by atoms with Gasteiger partial charge in [-0.1, -0.05) is 35.5 Å². The monoisotopic (exact) mass is 503 g/mol. The van der Waals surface area contributed by atoms with Crippen molar-refractivity contribution in [1.82, 2.24) is 5.32 Å². The molecule has 0 heterocycles. The van der Waals surface area contributed by atoms with Gasteiger partial charge in [0.25, 0.3) is 0 Å². The van der Waals surface area contributed by atoms with Gasteiger partial charge in [-0.05, 0) is 83.4 Å². The maximum absolute atomic E-state index is 12.9. The van der Waals surface area contributed by atoms with Gasteiger partial charge < -0.3 is 15.2 Å². The van der Waals surface area contributed by atoms with Crippen LogP contribution in [0.4, 0.5) is 18.0 Å². The van der Waals surface area contributed by atoms with Crippen LogP contribution in [0, 0.1) is 0 Å². The molecule has 2 atom stereocenters. The minimum atomic E-state index is -4.40. The fraction of sp³-hybridized carbons (Fsp3) is 0.458. The average Bonchev–Trinajstić information content (AvgIpc) is 2.65. The average molecular weight is 504 g/mol. The number of hydrogen-bond acceptors (Lipinski definition) is 4. The molecule has 2 N–H and O–H groups in total. The van der Waals surface area contributed by atoms with Crippen molar-refractivity contribution < 1.29 is 27.8 Å². The van der Waals surface area contributed by atoms with Gasteiger partial charge in [0.2, 0.25) is 0 Å². The smallest absolute Gasteiger partial charge is 0.416 e. The number of aliphatic hydroxyl groups excluding tert-OH is 1. The molecule has 0 saturated heterocycles. The van der Waals surface area contributed by atoms with Crippen molar-refractivity contribution in [2.24, 2.45) is 0 Å². The van der Waals surface area contributed by atoms with Gasteiger partial charge in [-0.3, -0.25) is 0 Å². The van der Waals surface area contributed by atoms with Crippen molar-refractivity contribution in [1.29, 1.82) is 0 Å². The maximum Gasteiger partial charge on any atom is 0.416 e. The number of aliphatic hydroxyl groups is 1. The SMILES string of the molecule is C[C@H](O)[C@](C)(CCc1ccc(Sc2cccc(C(F)(F)F)c2)cc1Cl)NC(=O)OC(C)(C)C. The van der Waals surface area contributed by atoms with Crippen LogP contribution in [0.2, 0.25) is 5.02 Å². The van der Waals surface area contributed by atoms with Crippen LogP contribution in [0.3, 0.4) is 0 Å². The fourth-order valence-electron chi connectivity index (χ4n) is 2.97. The lowest BCUT2D eigenvalue weighted by Crippen LogP contribution is -2.54. The predicted octanol–water partition coefficient (Wildman–Crippen LogP) is 7.11. The molecule has 0 aliphatic rings. The molecule has 0 fully saturated rings. The van der Waals surface area contributed by atoms with Crippen molar-refractivity contribution in [2.45, 2.75) is 80.7 Å². The van der Waals surface area contributed by atoms with Crippen molar-refractivity contribution in [2.75, 3.05) is 0 Å². The summed E-state index contributed by atoms with van der Waals surface area (Å²) in [4.78, 5) is 13.4. The number of halogens is 4. The van der Waals surface area contributed by atoms with E-state index in [2.05, 4.69) is 5.32 Å². The molecule has 182 valence electrons. The second kappa shape index (κ2) is 10.6. The van der Waals surface area contributed by atoms with Crippen LogP contribution in [0.15, 0.2) is 52.3 Å². The van der Waals surface area contributed by atoms with E-state index in [4.69, 9.17) is 16.3 Å². The number of alkyl carbamates (subject to hydrolysis) is 1. The van der Waals surface area contributed by atoms with Crippen LogP contribution in [0.25, 0.3) is 0 Å². The van der Waals surface area contributed by atoms with Gasteiger partial charge in [0, 0.05) is 14.8 Å². The molecule has 2 aromatic rings. The lowest BCUT2D eigenvalue weighted by Gasteiger charge is -2.34. The molecule has 0 saturated carbocycles. The molecule has 9 heteroatoms. The highest BCUT2D eigenvalue weighted by Gasteiger charge is 2.33. The molecule has 0 unspecified atom stereocenters. The first kappa shape index (κ1) is 27.3. The number of rotatable bonds is 7. The zero-order chi connectivity index (χ0) is 25.0. The number of hydrogen-bond donors (Lipinski definition) is 2. The van der Waals surface area contributed by atoms with Crippen LogP contribution in [-0.2, 0) is 17.3 Å². The summed E-state index contributed by atoms with van der Waals surface area (Å²) in [5.74, 6) is 0. The third kappa shape index (κ3) is 8.43. The molecule has 2 aromatic carbocycles. The molecule has 33 heavy (non-hydrogen) atoms. The summed E-state index contributed by atoms with van der Waals surface area (Å²) < 4.78 is 44.1. The Balaban J connectivity index is 2.09. The number of benzene rings is 2. The second-order valence-corrected chi connectivity index (χ2v) is 10.7. The molecular weight excluding hydrogens is 475 g/mol. The normalized spacial score (nSPS) is 15.0. The summed E-state index contributed by atoms with van der Waals surface area (Å²) >= 11 is 7.62. The van der Waals surface area contributed by atoms with E-state index in [0.29, 0.717) is 27.7 Å². The topological polar surface area (TPSA) is 58.6 Å². The zero-order valence-electron chi connectivity index (χ0n) is 19.2. The largest absolute Gasteiger partial charge is 0.444 e. The van der Waals surface area contributed by atoms with Gasteiger partial charge in [0.15, 0.2) is 0 Å². The first-order chi connectivity index (χ1) is 15.1. The van der Waals surface area contributed by atoms with Crippen LogP contribution >= 0.6 is 23.4 Å². The molecule has 2 rings (SSSR count). The highest BCUT2D eigenvalue weighted by Crippen LogP contribution is 2.36. The Hall–Kier alpha value is -1.90. The standard InChI is InChI=1S/C24H29ClF3NO3S/c1-15(30)23(5,29-21(31)32-22(2,3)4)12-11-16-9-10-19(14-20(16)25)33-18-8-6-7-17(13-18)24(26,27)28/h6-10,13-15,30H,11-12H2,1-5H3,(H,29,31)/t15-,23-/m0/s1. The number of nitrogens with one attached hydrogen (secondary N) is 1. The highest BCUT2D eigenvalue weighted by molar-refractivity contribution is 7.99. The third-order valence-electron chi connectivity index (χ3n) is 5.04. The van der Waals surface area contributed by atoms with Gasteiger partial charge in [-0.25, -0.2) is 4.79 Å². The van der Waals surface area contributed by atoms with E-state index in [1.54, 1.807) is 58.9 Å². The predicted molar refractivity (Wildman–Crippen MR) is 125 cm³/mol. The lowest BCUT2D eigenvalue weighted by molar-refractivity contribution is -0.137. The van der Waals surface area contributed by atoms with E-state index in [-0.39, 0.29) is 0 Å². The van der Waals surface area contributed by atoms with Crippen LogP contribution in [0.5, 0.6) is 0 Å². The number of amides is 1. The summed E-state index contributed by atoms with van der Waals surface area (Å²) in [5, 5.41) is 13.5. The number of alkyl halides is 3. The van der Waals surface area contributed by atoms with Crippen molar-refractivity contribution in [3.05, 3.63) is 58.6 Å². The second-order valence-electron chi connectivity index (χ2n) is 9.10. The van der Waals surface area contributed by atoms with E-state index in [9.17, 15) is 23.1 Å². The Morgan fingerprint density at radius 3 is 2.30 bits per heavy atom. The van der Waals surface area contributed by atoms with Crippen LogP contribution in [0.1, 0.15) is 52.2 Å². The molecule has 0 aliphatic heterocycles. The molecule has 1 amide bonds. The van der Waals surface area contributed by atoms with Gasteiger partial charge in [-0.2, -0.15) is 13.2 Å².